The van der Waals surface area contributed by atoms with Gasteiger partial charge in [0.25, 0.3) is 0 Å². The van der Waals surface area contributed by atoms with Crippen LogP contribution in [0.1, 0.15) is 16.0 Å². The molecule has 2 amide bonds. The van der Waals surface area contributed by atoms with Crippen molar-refractivity contribution in [1.29, 1.82) is 0 Å². The summed E-state index contributed by atoms with van der Waals surface area (Å²) < 4.78 is 0.826. The van der Waals surface area contributed by atoms with Crippen LogP contribution in [0.5, 0.6) is 0 Å². The molecule has 144 valence electrons. The summed E-state index contributed by atoms with van der Waals surface area (Å²) in [7, 11) is 0. The Kier molecular flexibility index (Phi) is 5.84. The second-order valence-corrected chi connectivity index (χ2v) is 8.64. The van der Waals surface area contributed by atoms with Crippen LogP contribution in [0.15, 0.2) is 60.7 Å². The fraction of sp³-hybridized carbons (Fsp3) is 0.227. The lowest BCUT2D eigenvalue weighted by Gasteiger charge is -2.18. The molecule has 0 spiro atoms. The number of nitrogens with zero attached hydrogens (tertiary/aromatic N) is 1. The third kappa shape index (κ3) is 4.66. The molecule has 0 atom stereocenters. The van der Waals surface area contributed by atoms with Gasteiger partial charge in [-0.25, -0.2) is 4.79 Å². The molecule has 1 aromatic heterocycles. The van der Waals surface area contributed by atoms with Crippen molar-refractivity contribution in [3.8, 4) is 0 Å². The monoisotopic (exact) mass is 411 g/mol. The first kappa shape index (κ1) is 18.8. The molecule has 28 heavy (non-hydrogen) atoms. The number of nitrogens with one attached hydrogen (secondary N) is 2. The minimum absolute atomic E-state index is 0.168. The molecule has 2 N–H and O–H groups in total. The first-order valence-corrected chi connectivity index (χ1v) is 10.6. The van der Waals surface area contributed by atoms with Gasteiger partial charge in [0.05, 0.1) is 10.9 Å². The quantitative estimate of drug-likeness (QED) is 0.575. The molecule has 0 fully saturated rings. The van der Waals surface area contributed by atoms with E-state index >= 15 is 0 Å². The summed E-state index contributed by atoms with van der Waals surface area (Å²) in [5.41, 5.74) is 4.55. The van der Waals surface area contributed by atoms with Crippen molar-refractivity contribution in [2.24, 2.45) is 0 Å². The molecule has 0 radical (unpaired) electrons. The molecule has 1 aliphatic rings. The highest BCUT2D eigenvalue weighted by Gasteiger charge is 2.20. The van der Waals surface area contributed by atoms with Gasteiger partial charge in [0.1, 0.15) is 0 Å². The molecular formula is C22H22ClN3OS. The third-order valence-electron chi connectivity index (χ3n) is 4.85. The Bertz CT molecular complexity index is 957. The molecule has 1 aliphatic heterocycles. The van der Waals surface area contributed by atoms with Crippen molar-refractivity contribution in [3.05, 3.63) is 81.0 Å². The normalized spacial score (nSPS) is 12.7. The summed E-state index contributed by atoms with van der Waals surface area (Å²) in [5, 5.41) is 5.86. The number of carbonyl (C=O) groups is 1. The summed E-state index contributed by atoms with van der Waals surface area (Å²) in [6.45, 7) is 2.46. The molecule has 0 aliphatic carbocycles. The molecule has 2 heterocycles. The van der Waals surface area contributed by atoms with Crippen LogP contribution in [0.4, 0.5) is 16.2 Å². The zero-order valence-corrected chi connectivity index (χ0v) is 17.0. The Morgan fingerprint density at radius 3 is 2.75 bits per heavy atom. The van der Waals surface area contributed by atoms with E-state index in [9.17, 15) is 4.79 Å². The summed E-state index contributed by atoms with van der Waals surface area (Å²) in [4.78, 5) is 15.8. The standard InChI is InChI=1S/C22H22ClN3OS/c23-21-9-7-19(28-21)15-26-13-11-17-14-18(6-8-20(17)26)25-22(27)24-12-10-16-4-2-1-3-5-16/h1-9,14H,10-13,15H2,(H2,24,25,27). The average Bonchev–Trinajstić information content (AvgIpc) is 3.29. The SMILES string of the molecule is O=C(NCCc1ccccc1)Nc1ccc2c(c1)CCN2Cc1ccc(Cl)s1. The van der Waals surface area contributed by atoms with Crippen LogP contribution in [0.3, 0.4) is 0 Å². The number of hydrogen-bond acceptors (Lipinski definition) is 3. The first-order chi connectivity index (χ1) is 13.7. The minimum Gasteiger partial charge on any atom is -0.366 e. The number of fused-ring (bicyclic) bond motifs is 1. The number of amides is 2. The zero-order chi connectivity index (χ0) is 19.3. The molecule has 0 bridgehead atoms. The van der Waals surface area contributed by atoms with Crippen LogP contribution < -0.4 is 15.5 Å². The van der Waals surface area contributed by atoms with Gasteiger partial charge in [-0.2, -0.15) is 0 Å². The fourth-order valence-corrected chi connectivity index (χ4v) is 4.58. The van der Waals surface area contributed by atoms with E-state index in [2.05, 4.69) is 45.9 Å². The molecule has 4 nitrogen and oxygen atoms in total. The molecule has 0 saturated carbocycles. The Morgan fingerprint density at radius 2 is 1.96 bits per heavy atom. The van der Waals surface area contributed by atoms with Gasteiger partial charge in [-0.15, -0.1) is 11.3 Å². The number of hydrogen-bond donors (Lipinski definition) is 2. The Morgan fingerprint density at radius 1 is 1.11 bits per heavy atom. The summed E-state index contributed by atoms with van der Waals surface area (Å²) in [6, 6.07) is 20.1. The van der Waals surface area contributed by atoms with Gasteiger partial charge in [-0.1, -0.05) is 41.9 Å². The highest BCUT2D eigenvalue weighted by atomic mass is 35.5. The number of benzene rings is 2. The van der Waals surface area contributed by atoms with Crippen LogP contribution >= 0.6 is 22.9 Å². The van der Waals surface area contributed by atoms with Crippen LogP contribution in [-0.2, 0) is 19.4 Å². The predicted octanol–water partition coefficient (Wildman–Crippen LogP) is 5.33. The third-order valence-corrected chi connectivity index (χ3v) is 6.06. The molecule has 0 saturated heterocycles. The van der Waals surface area contributed by atoms with E-state index in [1.54, 1.807) is 11.3 Å². The number of anilines is 2. The van der Waals surface area contributed by atoms with E-state index in [0.717, 1.165) is 36.0 Å². The zero-order valence-electron chi connectivity index (χ0n) is 15.5. The maximum Gasteiger partial charge on any atom is 0.319 e. The average molecular weight is 412 g/mol. The van der Waals surface area contributed by atoms with Crippen molar-refractivity contribution >= 4 is 40.3 Å². The van der Waals surface area contributed by atoms with E-state index in [0.29, 0.717) is 6.54 Å². The van der Waals surface area contributed by atoms with Gasteiger partial charge in [-0.05, 0) is 54.3 Å². The van der Waals surface area contributed by atoms with E-state index in [1.807, 2.05) is 30.3 Å². The molecule has 6 heteroatoms. The Labute approximate surface area is 174 Å². The summed E-state index contributed by atoms with van der Waals surface area (Å²) in [5.74, 6) is 0. The Balaban J connectivity index is 1.31. The predicted molar refractivity (Wildman–Crippen MR) is 118 cm³/mol. The molecule has 3 aromatic rings. The van der Waals surface area contributed by atoms with Crippen LogP contribution in [0.2, 0.25) is 4.34 Å². The lowest BCUT2D eigenvalue weighted by atomic mass is 10.1. The molecular weight excluding hydrogens is 390 g/mol. The van der Waals surface area contributed by atoms with Gasteiger partial charge in [0.15, 0.2) is 0 Å². The van der Waals surface area contributed by atoms with Crippen molar-refractivity contribution in [1.82, 2.24) is 5.32 Å². The van der Waals surface area contributed by atoms with Crippen molar-refractivity contribution < 1.29 is 4.79 Å². The van der Waals surface area contributed by atoms with Gasteiger partial charge in [0.2, 0.25) is 0 Å². The lowest BCUT2D eigenvalue weighted by molar-refractivity contribution is 0.252. The van der Waals surface area contributed by atoms with E-state index in [-0.39, 0.29) is 6.03 Å². The van der Waals surface area contributed by atoms with Crippen molar-refractivity contribution in [3.63, 3.8) is 0 Å². The van der Waals surface area contributed by atoms with Crippen LogP contribution in [0.25, 0.3) is 0 Å². The summed E-state index contributed by atoms with van der Waals surface area (Å²) >= 11 is 7.67. The van der Waals surface area contributed by atoms with E-state index in [4.69, 9.17) is 11.6 Å². The van der Waals surface area contributed by atoms with Gasteiger partial charge in [-0.3, -0.25) is 0 Å². The minimum atomic E-state index is -0.168. The van der Waals surface area contributed by atoms with E-state index in [1.165, 1.54) is 21.7 Å². The van der Waals surface area contributed by atoms with E-state index < -0.39 is 0 Å². The van der Waals surface area contributed by atoms with Gasteiger partial charge >= 0.3 is 6.03 Å². The highest BCUT2D eigenvalue weighted by Crippen LogP contribution is 2.33. The number of rotatable bonds is 6. The number of thiophene rings is 1. The highest BCUT2D eigenvalue weighted by molar-refractivity contribution is 7.16. The number of halogens is 1. The van der Waals surface area contributed by atoms with Crippen LogP contribution in [0, 0.1) is 0 Å². The van der Waals surface area contributed by atoms with Crippen molar-refractivity contribution in [2.45, 2.75) is 19.4 Å². The van der Waals surface area contributed by atoms with Crippen molar-refractivity contribution in [2.75, 3.05) is 23.3 Å². The maximum atomic E-state index is 12.2. The van der Waals surface area contributed by atoms with Gasteiger partial charge in [0, 0.05) is 29.3 Å². The second kappa shape index (κ2) is 8.67. The molecule has 2 aromatic carbocycles. The summed E-state index contributed by atoms with van der Waals surface area (Å²) in [6.07, 6.45) is 1.81. The Hall–Kier alpha value is -2.50. The first-order valence-electron chi connectivity index (χ1n) is 9.38. The molecule has 4 rings (SSSR count). The fourth-order valence-electron chi connectivity index (χ4n) is 3.48. The maximum absolute atomic E-state index is 12.2. The smallest absolute Gasteiger partial charge is 0.319 e. The number of carbonyl (C=O) groups excluding carboxylic acids is 1. The largest absolute Gasteiger partial charge is 0.366 e. The lowest BCUT2D eigenvalue weighted by Crippen LogP contribution is -2.30. The van der Waals surface area contributed by atoms with Gasteiger partial charge < -0.3 is 15.5 Å². The second-order valence-electron chi connectivity index (χ2n) is 6.84. The number of urea groups is 1. The van der Waals surface area contributed by atoms with Crippen LogP contribution in [-0.4, -0.2) is 19.1 Å². The topological polar surface area (TPSA) is 44.4 Å². The molecule has 0 unspecified atom stereocenters.